The lowest BCUT2D eigenvalue weighted by molar-refractivity contribution is -0.118. The minimum atomic E-state index is -0.339. The Hall–Kier alpha value is -3.26. The van der Waals surface area contributed by atoms with Crippen LogP contribution in [-0.4, -0.2) is 25.5 Å². The van der Waals surface area contributed by atoms with Crippen molar-refractivity contribution in [3.63, 3.8) is 0 Å². The van der Waals surface area contributed by atoms with E-state index >= 15 is 0 Å². The zero-order valence-electron chi connectivity index (χ0n) is 16.7. The number of carbonyl (C=O) groups is 2. The summed E-state index contributed by atoms with van der Waals surface area (Å²) in [5.41, 5.74) is 1.50. The number of amides is 2. The topological polar surface area (TPSA) is 89.8 Å². The van der Waals surface area contributed by atoms with Crippen LogP contribution in [-0.2, 0) is 4.79 Å². The van der Waals surface area contributed by atoms with Gasteiger partial charge in [0.05, 0.1) is 17.1 Å². The molecule has 3 aromatic rings. The van der Waals surface area contributed by atoms with Crippen LogP contribution < -0.4 is 20.1 Å². The van der Waals surface area contributed by atoms with E-state index in [1.807, 2.05) is 6.07 Å². The lowest BCUT2D eigenvalue weighted by Gasteiger charge is -2.11. The number of aryl methyl sites for hydroxylation is 2. The molecule has 7 nitrogen and oxygen atoms in total. The van der Waals surface area contributed by atoms with Gasteiger partial charge in [-0.3, -0.25) is 9.59 Å². The predicted molar refractivity (Wildman–Crippen MR) is 117 cm³/mol. The van der Waals surface area contributed by atoms with Gasteiger partial charge < -0.3 is 24.5 Å². The molecule has 0 bridgehead atoms. The molecule has 0 spiro atoms. The molecule has 30 heavy (non-hydrogen) atoms. The van der Waals surface area contributed by atoms with Gasteiger partial charge in [0.2, 0.25) is 0 Å². The third-order valence-electron chi connectivity index (χ3n) is 4.25. The van der Waals surface area contributed by atoms with Crippen LogP contribution in [0.2, 0.25) is 0 Å². The molecular formula is C22H21BrN2O5. The summed E-state index contributed by atoms with van der Waals surface area (Å²) >= 11 is 3.37. The van der Waals surface area contributed by atoms with Crippen molar-refractivity contribution in [2.24, 2.45) is 0 Å². The van der Waals surface area contributed by atoms with Gasteiger partial charge in [0, 0.05) is 11.4 Å². The molecule has 0 aliphatic carbocycles. The number of carbonyl (C=O) groups excluding carboxylic acids is 2. The van der Waals surface area contributed by atoms with E-state index in [1.165, 1.54) is 7.11 Å². The van der Waals surface area contributed by atoms with Crippen molar-refractivity contribution in [2.75, 3.05) is 24.4 Å². The Kier molecular flexibility index (Phi) is 6.79. The molecule has 0 radical (unpaired) electrons. The second-order valence-electron chi connectivity index (χ2n) is 6.43. The Labute approximate surface area is 182 Å². The first-order chi connectivity index (χ1) is 14.4. The fraction of sp³-hybridized carbons (Fsp3) is 0.182. The van der Waals surface area contributed by atoms with Gasteiger partial charge in [-0.25, -0.2) is 0 Å². The molecule has 0 fully saturated rings. The van der Waals surface area contributed by atoms with Gasteiger partial charge in [0.1, 0.15) is 11.5 Å². The third-order valence-corrected chi connectivity index (χ3v) is 5.20. The van der Waals surface area contributed by atoms with E-state index in [-0.39, 0.29) is 18.4 Å². The Bertz CT molecular complexity index is 1080. The van der Waals surface area contributed by atoms with Crippen LogP contribution in [0.5, 0.6) is 11.5 Å². The van der Waals surface area contributed by atoms with Crippen molar-refractivity contribution >= 4 is 39.1 Å². The molecule has 2 amide bonds. The van der Waals surface area contributed by atoms with Crippen molar-refractivity contribution < 1.29 is 23.5 Å². The van der Waals surface area contributed by atoms with E-state index in [4.69, 9.17) is 13.9 Å². The van der Waals surface area contributed by atoms with Crippen molar-refractivity contribution in [1.29, 1.82) is 0 Å². The molecule has 0 atom stereocenters. The van der Waals surface area contributed by atoms with Gasteiger partial charge in [0.15, 0.2) is 18.1 Å². The summed E-state index contributed by atoms with van der Waals surface area (Å²) in [5, 5.41) is 5.56. The van der Waals surface area contributed by atoms with Gasteiger partial charge in [0.25, 0.3) is 11.8 Å². The lowest BCUT2D eigenvalue weighted by Crippen LogP contribution is -2.20. The van der Waals surface area contributed by atoms with Crippen LogP contribution in [0, 0.1) is 13.8 Å². The highest BCUT2D eigenvalue weighted by Crippen LogP contribution is 2.28. The fourth-order valence-corrected chi connectivity index (χ4v) is 3.40. The molecule has 0 unspecified atom stereocenters. The van der Waals surface area contributed by atoms with Crippen LogP contribution in [0.25, 0.3) is 0 Å². The summed E-state index contributed by atoms with van der Waals surface area (Å²) in [6.45, 7) is 3.32. The monoisotopic (exact) mass is 472 g/mol. The van der Waals surface area contributed by atoms with Gasteiger partial charge in [-0.2, -0.15) is 0 Å². The number of benzene rings is 2. The highest BCUT2D eigenvalue weighted by atomic mass is 79.9. The maximum Gasteiger partial charge on any atom is 0.262 e. The molecule has 0 aliphatic heterocycles. The van der Waals surface area contributed by atoms with E-state index in [0.717, 1.165) is 0 Å². The number of furan rings is 1. The third kappa shape index (κ3) is 5.01. The van der Waals surface area contributed by atoms with E-state index in [1.54, 1.807) is 56.3 Å². The molecule has 1 heterocycles. The molecular weight excluding hydrogens is 452 g/mol. The number of hydrogen-bond acceptors (Lipinski definition) is 5. The summed E-state index contributed by atoms with van der Waals surface area (Å²) in [6.07, 6.45) is 0. The Morgan fingerprint density at radius 2 is 1.63 bits per heavy atom. The van der Waals surface area contributed by atoms with Crippen LogP contribution >= 0.6 is 15.9 Å². The van der Waals surface area contributed by atoms with Gasteiger partial charge in [-0.15, -0.1) is 0 Å². The van der Waals surface area contributed by atoms with E-state index in [2.05, 4.69) is 26.6 Å². The van der Waals surface area contributed by atoms with Gasteiger partial charge in [-0.1, -0.05) is 18.2 Å². The zero-order valence-corrected chi connectivity index (χ0v) is 18.3. The maximum absolute atomic E-state index is 12.6. The molecule has 2 N–H and O–H groups in total. The Morgan fingerprint density at radius 1 is 0.967 bits per heavy atom. The number of para-hydroxylation sites is 2. The van der Waals surface area contributed by atoms with Crippen molar-refractivity contribution in [3.05, 3.63) is 70.1 Å². The molecule has 156 valence electrons. The number of anilines is 2. The molecule has 3 rings (SSSR count). The molecule has 2 aromatic carbocycles. The van der Waals surface area contributed by atoms with Crippen molar-refractivity contribution in [3.8, 4) is 11.5 Å². The zero-order chi connectivity index (χ0) is 21.7. The summed E-state index contributed by atoms with van der Waals surface area (Å²) in [6, 6.07) is 13.9. The molecule has 0 saturated carbocycles. The normalized spacial score (nSPS) is 10.4. The molecule has 8 heteroatoms. The Morgan fingerprint density at radius 3 is 2.27 bits per heavy atom. The highest BCUT2D eigenvalue weighted by molar-refractivity contribution is 9.10. The average Bonchev–Trinajstić information content (AvgIpc) is 2.98. The first-order valence-electron chi connectivity index (χ1n) is 9.11. The van der Waals surface area contributed by atoms with Crippen LogP contribution in [0.15, 0.2) is 57.4 Å². The van der Waals surface area contributed by atoms with Crippen LogP contribution in [0.3, 0.4) is 0 Å². The molecule has 1 aromatic heterocycles. The lowest BCUT2D eigenvalue weighted by atomic mass is 10.2. The van der Waals surface area contributed by atoms with Gasteiger partial charge >= 0.3 is 0 Å². The number of nitrogens with one attached hydrogen (secondary N) is 2. The second-order valence-corrected chi connectivity index (χ2v) is 7.22. The molecule has 0 aliphatic rings. The SMILES string of the molecule is COc1ccccc1OCC(=O)Nc1cccc(NC(=O)c2c(C)oc(C)c2Br)c1. The van der Waals surface area contributed by atoms with Gasteiger partial charge in [-0.05, 0) is 60.1 Å². The van der Waals surface area contributed by atoms with Crippen LogP contribution in [0.1, 0.15) is 21.9 Å². The Balaban J connectivity index is 1.62. The summed E-state index contributed by atoms with van der Waals surface area (Å²) in [7, 11) is 1.53. The minimum Gasteiger partial charge on any atom is -0.493 e. The minimum absolute atomic E-state index is 0.183. The smallest absolute Gasteiger partial charge is 0.262 e. The number of rotatable bonds is 7. The van der Waals surface area contributed by atoms with E-state index in [9.17, 15) is 9.59 Å². The summed E-state index contributed by atoms with van der Waals surface area (Å²) in [5.74, 6) is 1.54. The van der Waals surface area contributed by atoms with Crippen LogP contribution in [0.4, 0.5) is 11.4 Å². The quantitative estimate of drug-likeness (QED) is 0.508. The summed E-state index contributed by atoms with van der Waals surface area (Å²) < 4.78 is 16.8. The highest BCUT2D eigenvalue weighted by Gasteiger charge is 2.20. The maximum atomic E-state index is 12.6. The predicted octanol–water partition coefficient (Wildman–Crippen LogP) is 4.94. The van der Waals surface area contributed by atoms with Crippen molar-refractivity contribution in [2.45, 2.75) is 13.8 Å². The number of halogens is 1. The largest absolute Gasteiger partial charge is 0.493 e. The van der Waals surface area contributed by atoms with E-state index < -0.39 is 0 Å². The van der Waals surface area contributed by atoms with Crippen molar-refractivity contribution in [1.82, 2.24) is 0 Å². The fourth-order valence-electron chi connectivity index (χ4n) is 2.86. The second kappa shape index (κ2) is 9.49. The average molecular weight is 473 g/mol. The first-order valence-corrected chi connectivity index (χ1v) is 9.91. The summed E-state index contributed by atoms with van der Waals surface area (Å²) in [4.78, 5) is 24.9. The number of ether oxygens (including phenoxy) is 2. The number of hydrogen-bond donors (Lipinski definition) is 2. The van der Waals surface area contributed by atoms with E-state index in [0.29, 0.717) is 44.4 Å². The molecule has 0 saturated heterocycles. The first kappa shape index (κ1) is 21.4. The standard InChI is InChI=1S/C22H21BrN2O5/c1-13-20(21(23)14(2)30-13)22(27)25-16-8-6-7-15(11-16)24-19(26)12-29-18-10-5-4-9-17(18)28-3/h4-11H,12H2,1-3H3,(H,24,26)(H,25,27). The number of methoxy groups -OCH3 is 1.